The van der Waals surface area contributed by atoms with Crippen LogP contribution in [0.4, 0.5) is 0 Å². The third kappa shape index (κ3) is 2.49. The second-order valence-corrected chi connectivity index (χ2v) is 4.51. The fourth-order valence-electron chi connectivity index (χ4n) is 1.26. The minimum absolute atomic E-state index is 0.0651. The molecule has 3 heteroatoms. The van der Waals surface area contributed by atoms with E-state index in [1.165, 1.54) is 0 Å². The molecule has 1 rings (SSSR count). The molecule has 14 heavy (non-hydrogen) atoms. The zero-order valence-electron chi connectivity index (χ0n) is 8.75. The van der Waals surface area contributed by atoms with Crippen LogP contribution in [0.25, 0.3) is 0 Å². The Morgan fingerprint density at radius 2 is 2.00 bits per heavy atom. The molecule has 0 spiro atoms. The van der Waals surface area contributed by atoms with Crippen molar-refractivity contribution in [1.82, 2.24) is 0 Å². The highest BCUT2D eigenvalue weighted by Crippen LogP contribution is 2.29. The van der Waals surface area contributed by atoms with E-state index in [9.17, 15) is 0 Å². The summed E-state index contributed by atoms with van der Waals surface area (Å²) in [5, 5.41) is 0. The molecule has 1 aromatic rings. The number of hydrogen-bond acceptors (Lipinski definition) is 2. The molecule has 0 saturated carbocycles. The predicted octanol–water partition coefficient (Wildman–Crippen LogP) is 3.11. The Morgan fingerprint density at radius 3 is 2.43 bits per heavy atom. The number of nitrogens with two attached hydrogens (primary N) is 1. The molecule has 78 valence electrons. The second-order valence-electron chi connectivity index (χ2n) is 3.66. The van der Waals surface area contributed by atoms with Crippen LogP contribution in [-0.4, -0.2) is 7.11 Å². The predicted molar refractivity (Wildman–Crippen MR) is 62.5 cm³/mol. The summed E-state index contributed by atoms with van der Waals surface area (Å²) in [6.07, 6.45) is 0. The summed E-state index contributed by atoms with van der Waals surface area (Å²) >= 11 is 3.50. The fraction of sp³-hybridized carbons (Fsp3) is 0.455. The highest BCUT2D eigenvalue weighted by molar-refractivity contribution is 9.10. The number of rotatable bonds is 3. The first kappa shape index (κ1) is 11.5. The number of hydrogen-bond donors (Lipinski definition) is 1. The molecule has 0 aliphatic rings. The third-order valence-electron chi connectivity index (χ3n) is 2.28. The van der Waals surface area contributed by atoms with Crippen LogP contribution in [0.5, 0.6) is 5.75 Å². The van der Waals surface area contributed by atoms with Gasteiger partial charge in [0, 0.05) is 10.5 Å². The van der Waals surface area contributed by atoms with E-state index >= 15 is 0 Å². The topological polar surface area (TPSA) is 35.2 Å². The maximum absolute atomic E-state index is 6.06. The van der Waals surface area contributed by atoms with Crippen LogP contribution in [0.3, 0.4) is 0 Å². The lowest BCUT2D eigenvalue weighted by Crippen LogP contribution is -2.17. The highest BCUT2D eigenvalue weighted by Gasteiger charge is 2.13. The maximum atomic E-state index is 6.06. The first-order valence-corrected chi connectivity index (χ1v) is 5.44. The van der Waals surface area contributed by atoms with Crippen LogP contribution in [0.2, 0.25) is 0 Å². The molecule has 0 unspecified atom stereocenters. The second kappa shape index (κ2) is 4.80. The Kier molecular flexibility index (Phi) is 3.96. The van der Waals surface area contributed by atoms with Crippen LogP contribution in [-0.2, 0) is 0 Å². The molecule has 0 saturated heterocycles. The van der Waals surface area contributed by atoms with E-state index in [4.69, 9.17) is 10.5 Å². The molecule has 0 radical (unpaired) electrons. The molecule has 0 aliphatic heterocycles. The summed E-state index contributed by atoms with van der Waals surface area (Å²) < 4.78 is 6.13. The Bertz CT molecular complexity index is 312. The molecule has 0 amide bonds. The molecule has 0 aliphatic carbocycles. The van der Waals surface area contributed by atoms with Gasteiger partial charge in [0.15, 0.2) is 0 Å². The summed E-state index contributed by atoms with van der Waals surface area (Å²) in [4.78, 5) is 0. The van der Waals surface area contributed by atoms with Gasteiger partial charge in [-0.2, -0.15) is 0 Å². The molecule has 0 fully saturated rings. The van der Waals surface area contributed by atoms with E-state index in [1.807, 2.05) is 18.2 Å². The smallest absolute Gasteiger partial charge is 0.120 e. The van der Waals surface area contributed by atoms with Crippen molar-refractivity contribution in [2.24, 2.45) is 11.7 Å². The van der Waals surface area contributed by atoms with Crippen molar-refractivity contribution in [1.29, 1.82) is 0 Å². The standard InChI is InChI=1S/C11H16BrNO/c1-7(2)11(13)9-5-4-8(14-3)6-10(9)12/h4-7,11H,13H2,1-3H3/t11-/m0/s1. The maximum Gasteiger partial charge on any atom is 0.120 e. The van der Waals surface area contributed by atoms with Crippen LogP contribution in [0.1, 0.15) is 25.5 Å². The summed E-state index contributed by atoms with van der Waals surface area (Å²) in [6.45, 7) is 4.22. The van der Waals surface area contributed by atoms with Crippen LogP contribution in [0.15, 0.2) is 22.7 Å². The van der Waals surface area contributed by atoms with Crippen molar-refractivity contribution >= 4 is 15.9 Å². The lowest BCUT2D eigenvalue weighted by Gasteiger charge is -2.18. The van der Waals surface area contributed by atoms with Gasteiger partial charge in [0.2, 0.25) is 0 Å². The molecule has 1 atom stereocenters. The van der Waals surface area contributed by atoms with Crippen LogP contribution in [0, 0.1) is 5.92 Å². The number of benzene rings is 1. The first-order valence-electron chi connectivity index (χ1n) is 4.65. The summed E-state index contributed by atoms with van der Waals surface area (Å²) in [5.74, 6) is 1.27. The lowest BCUT2D eigenvalue weighted by atomic mass is 9.97. The van der Waals surface area contributed by atoms with Crippen molar-refractivity contribution in [2.75, 3.05) is 7.11 Å². The minimum Gasteiger partial charge on any atom is -0.497 e. The summed E-state index contributed by atoms with van der Waals surface area (Å²) in [6, 6.07) is 5.95. The molecular weight excluding hydrogens is 242 g/mol. The third-order valence-corrected chi connectivity index (χ3v) is 2.97. The van der Waals surface area contributed by atoms with Gasteiger partial charge in [-0.25, -0.2) is 0 Å². The first-order chi connectivity index (χ1) is 6.56. The molecule has 0 heterocycles. The number of ether oxygens (including phenoxy) is 1. The van der Waals surface area contributed by atoms with Gasteiger partial charge in [-0.1, -0.05) is 35.8 Å². The number of methoxy groups -OCH3 is 1. The van der Waals surface area contributed by atoms with Crippen LogP contribution >= 0.6 is 15.9 Å². The van der Waals surface area contributed by atoms with Gasteiger partial charge in [-0.05, 0) is 23.6 Å². The molecule has 2 nitrogen and oxygen atoms in total. The van der Waals surface area contributed by atoms with E-state index < -0.39 is 0 Å². The molecule has 1 aromatic carbocycles. The minimum atomic E-state index is 0.0651. The Balaban J connectivity index is 2.99. The number of halogens is 1. The average Bonchev–Trinajstić information content (AvgIpc) is 2.16. The largest absolute Gasteiger partial charge is 0.497 e. The van der Waals surface area contributed by atoms with E-state index in [1.54, 1.807) is 7.11 Å². The Hall–Kier alpha value is -0.540. The highest BCUT2D eigenvalue weighted by atomic mass is 79.9. The van der Waals surface area contributed by atoms with Crippen molar-refractivity contribution < 1.29 is 4.74 Å². The SMILES string of the molecule is COc1ccc([C@@H](N)C(C)C)c(Br)c1. The van der Waals surface area contributed by atoms with Gasteiger partial charge in [-0.3, -0.25) is 0 Å². The zero-order valence-corrected chi connectivity index (χ0v) is 10.3. The van der Waals surface area contributed by atoms with Crippen molar-refractivity contribution in [3.8, 4) is 5.75 Å². The van der Waals surface area contributed by atoms with Gasteiger partial charge < -0.3 is 10.5 Å². The van der Waals surface area contributed by atoms with Crippen LogP contribution < -0.4 is 10.5 Å². The van der Waals surface area contributed by atoms with Crippen molar-refractivity contribution in [3.63, 3.8) is 0 Å². The van der Waals surface area contributed by atoms with Gasteiger partial charge in [0.05, 0.1) is 7.11 Å². The molecule has 0 bridgehead atoms. The van der Waals surface area contributed by atoms with Gasteiger partial charge >= 0.3 is 0 Å². The molecule has 2 N–H and O–H groups in total. The van der Waals surface area contributed by atoms with E-state index in [-0.39, 0.29) is 6.04 Å². The fourth-order valence-corrected chi connectivity index (χ4v) is 1.89. The van der Waals surface area contributed by atoms with Gasteiger partial charge in [-0.15, -0.1) is 0 Å². The van der Waals surface area contributed by atoms with Gasteiger partial charge in [0.1, 0.15) is 5.75 Å². The summed E-state index contributed by atoms with van der Waals surface area (Å²) in [7, 11) is 1.66. The molecular formula is C11H16BrNO. The van der Waals surface area contributed by atoms with Crippen molar-refractivity contribution in [3.05, 3.63) is 28.2 Å². The summed E-state index contributed by atoms with van der Waals surface area (Å²) in [5.41, 5.74) is 7.19. The lowest BCUT2D eigenvalue weighted by molar-refractivity contribution is 0.413. The van der Waals surface area contributed by atoms with E-state index in [0.717, 1.165) is 15.8 Å². The van der Waals surface area contributed by atoms with E-state index in [2.05, 4.69) is 29.8 Å². The van der Waals surface area contributed by atoms with E-state index in [0.29, 0.717) is 5.92 Å². The monoisotopic (exact) mass is 257 g/mol. The quantitative estimate of drug-likeness (QED) is 0.904. The average molecular weight is 258 g/mol. The Labute approximate surface area is 93.6 Å². The van der Waals surface area contributed by atoms with Crippen molar-refractivity contribution in [2.45, 2.75) is 19.9 Å². The zero-order chi connectivity index (χ0) is 10.7. The Morgan fingerprint density at radius 1 is 1.36 bits per heavy atom. The van der Waals surface area contributed by atoms with Gasteiger partial charge in [0.25, 0.3) is 0 Å². The molecule has 0 aromatic heterocycles. The normalized spacial score (nSPS) is 13.0.